The highest BCUT2D eigenvalue weighted by Gasteiger charge is 2.66. The molecule has 3 atom stereocenters. The van der Waals surface area contributed by atoms with Gasteiger partial charge in [0.25, 0.3) is 0 Å². The first-order chi connectivity index (χ1) is 13.6. The van der Waals surface area contributed by atoms with Crippen molar-refractivity contribution in [1.29, 1.82) is 0 Å². The predicted molar refractivity (Wildman–Crippen MR) is 97.7 cm³/mol. The van der Waals surface area contributed by atoms with Gasteiger partial charge in [-0.3, -0.25) is 4.79 Å². The van der Waals surface area contributed by atoms with Crippen LogP contribution >= 0.6 is 11.6 Å². The van der Waals surface area contributed by atoms with Crippen LogP contribution in [0.25, 0.3) is 0 Å². The van der Waals surface area contributed by atoms with Crippen LogP contribution in [0.2, 0.25) is 5.02 Å². The van der Waals surface area contributed by atoms with Crippen LogP contribution in [-0.4, -0.2) is 35.9 Å². The van der Waals surface area contributed by atoms with Crippen LogP contribution in [0.4, 0.5) is 18.0 Å². The van der Waals surface area contributed by atoms with Crippen LogP contribution in [0.1, 0.15) is 22.0 Å². The van der Waals surface area contributed by atoms with E-state index in [0.29, 0.717) is 0 Å². The molecule has 1 fully saturated rings. The molecule has 0 spiro atoms. The molecule has 0 aromatic heterocycles. The molecule has 0 aliphatic carbocycles. The topological polar surface area (TPSA) is 87.7 Å². The van der Waals surface area contributed by atoms with Gasteiger partial charge in [-0.25, -0.2) is 4.79 Å². The summed E-state index contributed by atoms with van der Waals surface area (Å²) in [6, 6.07) is 8.36. The number of ketones is 1. The molecule has 154 valence electrons. The molecule has 2 aromatic carbocycles. The molecule has 1 aliphatic rings. The lowest BCUT2D eigenvalue weighted by Crippen LogP contribution is -2.72. The Morgan fingerprint density at radius 2 is 1.79 bits per heavy atom. The average molecular weight is 429 g/mol. The molecule has 1 saturated heterocycles. The number of benzene rings is 2. The number of para-hydroxylation sites is 1. The summed E-state index contributed by atoms with van der Waals surface area (Å²) in [6.07, 6.45) is -5.34. The van der Waals surface area contributed by atoms with Crippen molar-refractivity contribution in [2.24, 2.45) is 5.92 Å². The molecule has 2 aromatic rings. The number of ether oxygens (including phenoxy) is 1. The van der Waals surface area contributed by atoms with Gasteiger partial charge in [0.05, 0.1) is 13.2 Å². The number of hydrogen-bond donors (Lipinski definition) is 3. The molecule has 1 aliphatic heterocycles. The highest BCUT2D eigenvalue weighted by molar-refractivity contribution is 6.30. The SMILES string of the molecule is COc1ccccc1C1NC(=O)NC(O)(C(F)(F)F)C1C(=O)c1ccc(Cl)cc1. The fourth-order valence-electron chi connectivity index (χ4n) is 3.32. The Labute approximate surface area is 168 Å². The molecular formula is C19H16ClF3N2O4. The lowest BCUT2D eigenvalue weighted by atomic mass is 9.77. The van der Waals surface area contributed by atoms with Gasteiger partial charge in [0.15, 0.2) is 5.78 Å². The summed E-state index contributed by atoms with van der Waals surface area (Å²) < 4.78 is 46.8. The van der Waals surface area contributed by atoms with Crippen molar-refractivity contribution < 1.29 is 32.6 Å². The molecule has 6 nitrogen and oxygen atoms in total. The zero-order chi connectivity index (χ0) is 21.4. The lowest BCUT2D eigenvalue weighted by molar-refractivity contribution is -0.287. The standard InChI is InChI=1S/C19H16ClF3N2O4/c1-29-13-5-3-2-4-12(13)15-14(16(26)10-6-8-11(20)9-7-10)18(28,19(21,22)23)25-17(27)24-15/h2-9,14-15,28H,1H3,(H2,24,25,27). The Morgan fingerprint density at radius 1 is 1.17 bits per heavy atom. The van der Waals surface area contributed by atoms with Crippen molar-refractivity contribution in [1.82, 2.24) is 10.6 Å². The van der Waals surface area contributed by atoms with E-state index in [0.717, 1.165) is 0 Å². The minimum absolute atomic E-state index is 0.111. The van der Waals surface area contributed by atoms with E-state index in [1.165, 1.54) is 54.9 Å². The van der Waals surface area contributed by atoms with E-state index >= 15 is 0 Å². The molecule has 0 radical (unpaired) electrons. The number of rotatable bonds is 4. The Kier molecular flexibility index (Phi) is 5.46. The number of halogens is 4. The smallest absolute Gasteiger partial charge is 0.437 e. The van der Waals surface area contributed by atoms with E-state index < -0.39 is 35.7 Å². The van der Waals surface area contributed by atoms with Gasteiger partial charge < -0.3 is 20.5 Å². The number of aliphatic hydroxyl groups is 1. The first-order valence-electron chi connectivity index (χ1n) is 8.39. The third-order valence-corrected chi connectivity index (χ3v) is 4.94. The van der Waals surface area contributed by atoms with E-state index in [1.54, 1.807) is 6.07 Å². The second-order valence-corrected chi connectivity index (χ2v) is 6.87. The molecule has 3 rings (SSSR count). The van der Waals surface area contributed by atoms with Gasteiger partial charge in [-0.05, 0) is 30.3 Å². The van der Waals surface area contributed by atoms with Crippen LogP contribution in [0.3, 0.4) is 0 Å². The van der Waals surface area contributed by atoms with Crippen molar-refractivity contribution >= 4 is 23.4 Å². The second-order valence-electron chi connectivity index (χ2n) is 6.43. The molecule has 1 heterocycles. The molecule has 10 heteroatoms. The molecule has 29 heavy (non-hydrogen) atoms. The third kappa shape index (κ3) is 3.75. The van der Waals surface area contributed by atoms with Crippen LogP contribution in [-0.2, 0) is 0 Å². The number of hydrogen-bond acceptors (Lipinski definition) is 4. The number of urea groups is 1. The first kappa shape index (κ1) is 20.9. The van der Waals surface area contributed by atoms with Gasteiger partial charge in [-0.15, -0.1) is 0 Å². The molecule has 2 amide bonds. The Hall–Kier alpha value is -2.78. The number of amides is 2. The zero-order valence-electron chi connectivity index (χ0n) is 15.0. The summed E-state index contributed by atoms with van der Waals surface area (Å²) in [7, 11) is 1.30. The summed E-state index contributed by atoms with van der Waals surface area (Å²) >= 11 is 5.79. The monoisotopic (exact) mass is 428 g/mol. The van der Waals surface area contributed by atoms with Crippen molar-refractivity contribution in [3.05, 3.63) is 64.7 Å². The van der Waals surface area contributed by atoms with E-state index in [2.05, 4.69) is 5.32 Å². The predicted octanol–water partition coefficient (Wildman–Crippen LogP) is 3.45. The van der Waals surface area contributed by atoms with E-state index in [-0.39, 0.29) is 21.9 Å². The third-order valence-electron chi connectivity index (χ3n) is 4.69. The Morgan fingerprint density at radius 3 is 2.38 bits per heavy atom. The Balaban J connectivity index is 2.20. The van der Waals surface area contributed by atoms with Gasteiger partial charge in [-0.1, -0.05) is 29.8 Å². The van der Waals surface area contributed by atoms with Gasteiger partial charge in [-0.2, -0.15) is 13.2 Å². The fraction of sp³-hybridized carbons (Fsp3) is 0.263. The first-order valence-corrected chi connectivity index (χ1v) is 8.76. The summed E-state index contributed by atoms with van der Waals surface area (Å²) in [6.45, 7) is 0. The second kappa shape index (κ2) is 7.57. The van der Waals surface area contributed by atoms with Crippen LogP contribution in [0, 0.1) is 5.92 Å². The summed E-state index contributed by atoms with van der Waals surface area (Å²) in [5, 5.41) is 14.6. The summed E-state index contributed by atoms with van der Waals surface area (Å²) in [5.74, 6) is -3.03. The molecule has 3 unspecified atom stereocenters. The Bertz CT molecular complexity index is 936. The number of methoxy groups -OCH3 is 1. The van der Waals surface area contributed by atoms with Crippen molar-refractivity contribution in [2.45, 2.75) is 17.9 Å². The molecular weight excluding hydrogens is 413 g/mol. The van der Waals surface area contributed by atoms with Gasteiger partial charge >= 0.3 is 12.2 Å². The molecule has 0 saturated carbocycles. The number of alkyl halides is 3. The van der Waals surface area contributed by atoms with Gasteiger partial charge in [0.1, 0.15) is 11.7 Å². The minimum Gasteiger partial charge on any atom is -0.496 e. The van der Waals surface area contributed by atoms with Gasteiger partial charge in [0.2, 0.25) is 5.72 Å². The quantitative estimate of drug-likeness (QED) is 0.651. The summed E-state index contributed by atoms with van der Waals surface area (Å²) in [5.41, 5.74) is -3.81. The zero-order valence-corrected chi connectivity index (χ0v) is 15.7. The van der Waals surface area contributed by atoms with E-state index in [1.807, 2.05) is 0 Å². The fourth-order valence-corrected chi connectivity index (χ4v) is 3.44. The normalized spacial score (nSPS) is 24.4. The van der Waals surface area contributed by atoms with E-state index in [9.17, 15) is 27.9 Å². The maximum absolute atomic E-state index is 13.9. The van der Waals surface area contributed by atoms with Crippen LogP contribution in [0.5, 0.6) is 5.75 Å². The number of carbonyl (C=O) groups excluding carboxylic acids is 2. The highest BCUT2D eigenvalue weighted by Crippen LogP contribution is 2.45. The average Bonchev–Trinajstić information content (AvgIpc) is 2.66. The minimum atomic E-state index is -5.34. The van der Waals surface area contributed by atoms with Crippen molar-refractivity contribution in [3.63, 3.8) is 0 Å². The largest absolute Gasteiger partial charge is 0.496 e. The van der Waals surface area contributed by atoms with Gasteiger partial charge in [0, 0.05) is 16.1 Å². The highest BCUT2D eigenvalue weighted by atomic mass is 35.5. The maximum Gasteiger partial charge on any atom is 0.437 e. The molecule has 3 N–H and O–H groups in total. The van der Waals surface area contributed by atoms with Crippen molar-refractivity contribution in [3.8, 4) is 5.75 Å². The lowest BCUT2D eigenvalue weighted by Gasteiger charge is -2.45. The number of Topliss-reactive ketones (excluding diaryl/α,β-unsaturated/α-hetero) is 1. The van der Waals surface area contributed by atoms with Crippen molar-refractivity contribution in [2.75, 3.05) is 7.11 Å². The summed E-state index contributed by atoms with van der Waals surface area (Å²) in [4.78, 5) is 25.1. The number of carbonyl (C=O) groups is 2. The molecule has 0 bridgehead atoms. The van der Waals surface area contributed by atoms with E-state index in [4.69, 9.17) is 16.3 Å². The van der Waals surface area contributed by atoms with Crippen LogP contribution in [0.15, 0.2) is 48.5 Å². The van der Waals surface area contributed by atoms with Crippen LogP contribution < -0.4 is 15.4 Å². The number of nitrogens with one attached hydrogen (secondary N) is 2. The maximum atomic E-state index is 13.9.